The van der Waals surface area contributed by atoms with Gasteiger partial charge in [-0.1, -0.05) is 13.3 Å². The molecule has 156 valence electrons. The minimum atomic E-state index is -3.18. The molecule has 0 radical (unpaired) electrons. The van der Waals surface area contributed by atoms with E-state index in [2.05, 4.69) is 5.32 Å². The van der Waals surface area contributed by atoms with Crippen LogP contribution in [0.3, 0.4) is 0 Å². The van der Waals surface area contributed by atoms with Gasteiger partial charge in [-0.2, -0.15) is 0 Å². The molecule has 1 saturated heterocycles. The highest BCUT2D eigenvalue weighted by atomic mass is 32.2. The average Bonchev–Trinajstić information content (AvgIpc) is 3.23. The molecule has 1 N–H and O–H groups in total. The Morgan fingerprint density at radius 2 is 2.07 bits per heavy atom. The number of urea groups is 1. The zero-order valence-electron chi connectivity index (χ0n) is 16.2. The van der Waals surface area contributed by atoms with Crippen LogP contribution in [0.4, 0.5) is 4.79 Å². The second-order valence-corrected chi connectivity index (χ2v) is 10.0. The molecule has 2 aliphatic rings. The Labute approximate surface area is 165 Å². The first-order valence-corrected chi connectivity index (χ1v) is 11.6. The van der Waals surface area contributed by atoms with Gasteiger partial charge in [-0.15, -0.1) is 0 Å². The Kier molecular flexibility index (Phi) is 6.64. The number of rotatable bonds is 12. The highest BCUT2D eigenvalue weighted by molar-refractivity contribution is 7.91. The second kappa shape index (κ2) is 8.98. The molecule has 1 aliphatic carbocycles. The van der Waals surface area contributed by atoms with E-state index >= 15 is 0 Å². The lowest BCUT2D eigenvalue weighted by Crippen LogP contribution is -2.29. The van der Waals surface area contributed by atoms with Gasteiger partial charge in [0, 0.05) is 12.6 Å². The molecule has 1 atom stereocenters. The maximum atomic E-state index is 12.4. The number of nitrogens with zero attached hydrogens (tertiary/aromatic N) is 1. The molecule has 2 heterocycles. The van der Waals surface area contributed by atoms with Crippen molar-refractivity contribution in [3.63, 3.8) is 0 Å². The quantitative estimate of drug-likeness (QED) is 0.417. The molecule has 0 spiro atoms. The summed E-state index contributed by atoms with van der Waals surface area (Å²) in [5.41, 5.74) is 0.832. The first-order valence-electron chi connectivity index (χ1n) is 9.83. The summed E-state index contributed by atoms with van der Waals surface area (Å²) < 4.78 is 35.7. The Hall–Kier alpha value is -2.03. The van der Waals surface area contributed by atoms with Gasteiger partial charge in [0.2, 0.25) is 5.91 Å². The van der Waals surface area contributed by atoms with Gasteiger partial charge < -0.3 is 14.1 Å². The molecule has 0 unspecified atom stereocenters. The van der Waals surface area contributed by atoms with E-state index in [-0.39, 0.29) is 35.9 Å². The highest BCUT2D eigenvalue weighted by Gasteiger charge is 2.26. The van der Waals surface area contributed by atoms with Crippen molar-refractivity contribution in [2.45, 2.75) is 44.9 Å². The number of hydrogen-bond acceptors (Lipinski definition) is 6. The SMILES string of the molecule is C[C@@H](CS(=O)(=O)CCCCCN1CC(=O)NC1=O)c1coc(OCC2CC2)c1. The third-order valence-electron chi connectivity index (χ3n) is 5.08. The van der Waals surface area contributed by atoms with E-state index in [1.807, 2.05) is 6.92 Å². The number of furan rings is 1. The summed E-state index contributed by atoms with van der Waals surface area (Å²) in [5, 5.41) is 2.22. The van der Waals surface area contributed by atoms with Crippen molar-refractivity contribution < 1.29 is 27.2 Å². The van der Waals surface area contributed by atoms with Gasteiger partial charge in [0.05, 0.1) is 24.4 Å². The lowest BCUT2D eigenvalue weighted by molar-refractivity contribution is -0.118. The zero-order chi connectivity index (χ0) is 20.1. The minimum Gasteiger partial charge on any atom is -0.465 e. The van der Waals surface area contributed by atoms with E-state index in [0.29, 0.717) is 44.3 Å². The van der Waals surface area contributed by atoms with E-state index in [1.54, 1.807) is 12.3 Å². The molecule has 9 heteroatoms. The van der Waals surface area contributed by atoms with Gasteiger partial charge >= 0.3 is 6.03 Å². The van der Waals surface area contributed by atoms with Crippen LogP contribution in [0, 0.1) is 5.92 Å². The van der Waals surface area contributed by atoms with Crippen LogP contribution in [0.2, 0.25) is 0 Å². The smallest absolute Gasteiger partial charge is 0.324 e. The zero-order valence-corrected chi connectivity index (χ0v) is 17.0. The first-order chi connectivity index (χ1) is 13.3. The van der Waals surface area contributed by atoms with Crippen LogP contribution in [-0.4, -0.2) is 56.5 Å². The van der Waals surface area contributed by atoms with Crippen LogP contribution in [0.15, 0.2) is 16.7 Å². The monoisotopic (exact) mass is 412 g/mol. The third kappa shape index (κ3) is 6.25. The molecule has 2 fully saturated rings. The predicted octanol–water partition coefficient (Wildman–Crippen LogP) is 2.31. The lowest BCUT2D eigenvalue weighted by atomic mass is 10.1. The number of ether oxygens (including phenoxy) is 1. The van der Waals surface area contributed by atoms with Crippen LogP contribution in [0.1, 0.15) is 50.5 Å². The molecule has 3 amide bonds. The number of carbonyl (C=O) groups is 2. The van der Waals surface area contributed by atoms with Gasteiger partial charge in [-0.05, 0) is 43.1 Å². The normalized spacial score (nSPS) is 18.4. The maximum Gasteiger partial charge on any atom is 0.324 e. The van der Waals surface area contributed by atoms with Crippen molar-refractivity contribution in [3.05, 3.63) is 17.9 Å². The van der Waals surface area contributed by atoms with E-state index in [4.69, 9.17) is 9.15 Å². The van der Waals surface area contributed by atoms with Gasteiger partial charge in [0.25, 0.3) is 5.95 Å². The van der Waals surface area contributed by atoms with E-state index in [9.17, 15) is 18.0 Å². The van der Waals surface area contributed by atoms with Crippen molar-refractivity contribution >= 4 is 21.8 Å². The number of unbranched alkanes of at least 4 members (excludes halogenated alkanes) is 2. The van der Waals surface area contributed by atoms with Gasteiger partial charge in [-0.25, -0.2) is 13.2 Å². The molecular weight excluding hydrogens is 384 g/mol. The van der Waals surface area contributed by atoms with Crippen molar-refractivity contribution in [1.82, 2.24) is 10.2 Å². The Morgan fingerprint density at radius 1 is 1.29 bits per heavy atom. The first kappa shape index (κ1) is 20.7. The van der Waals surface area contributed by atoms with Crippen LogP contribution < -0.4 is 10.1 Å². The van der Waals surface area contributed by atoms with Gasteiger partial charge in [0.1, 0.15) is 6.54 Å². The Bertz CT molecular complexity index is 799. The second-order valence-electron chi connectivity index (χ2n) is 7.80. The molecule has 8 nitrogen and oxygen atoms in total. The lowest BCUT2D eigenvalue weighted by Gasteiger charge is -2.13. The standard InChI is InChI=1S/C19H28N2O6S/c1-14(16-9-18(27-12-16)26-11-15-5-6-15)13-28(24,25)8-4-2-3-7-21-10-17(22)20-19(21)23/h9,12,14-15H,2-8,10-11,13H2,1H3,(H,20,22,23)/t14-/m0/s1. The number of imide groups is 1. The Morgan fingerprint density at radius 3 is 2.75 bits per heavy atom. The fraction of sp³-hybridized carbons (Fsp3) is 0.684. The molecule has 1 saturated carbocycles. The van der Waals surface area contributed by atoms with E-state index in [0.717, 1.165) is 5.56 Å². The topological polar surface area (TPSA) is 106 Å². The van der Waals surface area contributed by atoms with E-state index < -0.39 is 9.84 Å². The molecule has 28 heavy (non-hydrogen) atoms. The average molecular weight is 413 g/mol. The summed E-state index contributed by atoms with van der Waals surface area (Å²) in [6.07, 6.45) is 5.88. The summed E-state index contributed by atoms with van der Waals surface area (Å²) in [4.78, 5) is 24.0. The van der Waals surface area contributed by atoms with Crippen LogP contribution in [-0.2, 0) is 14.6 Å². The fourth-order valence-corrected chi connectivity index (χ4v) is 4.94. The fourth-order valence-electron chi connectivity index (χ4n) is 3.17. The number of carbonyl (C=O) groups excluding carboxylic acids is 2. The van der Waals surface area contributed by atoms with Gasteiger partial charge in [-0.3, -0.25) is 10.1 Å². The minimum absolute atomic E-state index is 0.0671. The molecule has 1 aliphatic heterocycles. The molecule has 0 aromatic carbocycles. The molecule has 3 rings (SSSR count). The molecule has 1 aromatic rings. The third-order valence-corrected chi connectivity index (χ3v) is 7.00. The van der Waals surface area contributed by atoms with Crippen molar-refractivity contribution in [3.8, 4) is 5.95 Å². The number of amides is 3. The maximum absolute atomic E-state index is 12.4. The summed E-state index contributed by atoms with van der Waals surface area (Å²) in [6.45, 7) is 3.08. The number of nitrogens with one attached hydrogen (secondary N) is 1. The number of sulfone groups is 1. The van der Waals surface area contributed by atoms with Crippen molar-refractivity contribution in [2.24, 2.45) is 5.92 Å². The summed E-state index contributed by atoms with van der Waals surface area (Å²) in [7, 11) is -3.18. The summed E-state index contributed by atoms with van der Waals surface area (Å²) >= 11 is 0. The van der Waals surface area contributed by atoms with Crippen molar-refractivity contribution in [2.75, 3.05) is 31.2 Å². The molecule has 1 aromatic heterocycles. The number of hydrogen-bond donors (Lipinski definition) is 1. The van der Waals surface area contributed by atoms with Crippen molar-refractivity contribution in [1.29, 1.82) is 0 Å². The van der Waals surface area contributed by atoms with Gasteiger partial charge in [0.15, 0.2) is 9.84 Å². The molecular formula is C19H28N2O6S. The Balaban J connectivity index is 1.34. The van der Waals surface area contributed by atoms with E-state index in [1.165, 1.54) is 17.7 Å². The van der Waals surface area contributed by atoms with Crippen LogP contribution in [0.5, 0.6) is 5.95 Å². The van der Waals surface area contributed by atoms with Crippen LogP contribution >= 0.6 is 0 Å². The van der Waals surface area contributed by atoms with Crippen LogP contribution in [0.25, 0.3) is 0 Å². The predicted molar refractivity (Wildman–Crippen MR) is 103 cm³/mol. The highest BCUT2D eigenvalue weighted by Crippen LogP contribution is 2.31. The largest absolute Gasteiger partial charge is 0.465 e. The molecule has 0 bridgehead atoms. The summed E-state index contributed by atoms with van der Waals surface area (Å²) in [6, 6.07) is 1.41. The summed E-state index contributed by atoms with van der Waals surface area (Å²) in [5.74, 6) is 0.818.